The summed E-state index contributed by atoms with van der Waals surface area (Å²) in [5.74, 6) is 0.0155. The summed E-state index contributed by atoms with van der Waals surface area (Å²) in [6.07, 6.45) is 0. The Kier molecular flexibility index (Phi) is 5.51. The van der Waals surface area contributed by atoms with Gasteiger partial charge in [-0.3, -0.25) is 9.69 Å². The third kappa shape index (κ3) is 4.87. The van der Waals surface area contributed by atoms with Crippen LogP contribution < -0.4 is 5.32 Å². The van der Waals surface area contributed by atoms with E-state index in [-0.39, 0.29) is 5.91 Å². The fourth-order valence-corrected chi connectivity index (χ4v) is 3.35. The zero-order chi connectivity index (χ0) is 17.9. The molecule has 134 valence electrons. The molecule has 1 amide bonds. The number of nitrogens with one attached hydrogen (secondary N) is 1. The highest BCUT2D eigenvalue weighted by molar-refractivity contribution is 7.09. The molecule has 6 heteroatoms. The van der Waals surface area contributed by atoms with Crippen LogP contribution in [0.3, 0.4) is 0 Å². The SMILES string of the molecule is CC(C)(C)C(=O)Nc1ccc(-c2csc(CN3CCOCC3)n2)cc1. The average Bonchev–Trinajstić information content (AvgIpc) is 3.04. The van der Waals surface area contributed by atoms with Crippen molar-refractivity contribution in [2.75, 3.05) is 31.6 Å². The number of nitrogens with zero attached hydrogens (tertiary/aromatic N) is 2. The van der Waals surface area contributed by atoms with Gasteiger partial charge in [0.2, 0.25) is 5.91 Å². The summed E-state index contributed by atoms with van der Waals surface area (Å²) >= 11 is 1.69. The van der Waals surface area contributed by atoms with Gasteiger partial charge in [0.15, 0.2) is 0 Å². The quantitative estimate of drug-likeness (QED) is 0.906. The van der Waals surface area contributed by atoms with Crippen LogP contribution in [0.15, 0.2) is 29.6 Å². The lowest BCUT2D eigenvalue weighted by Crippen LogP contribution is -2.35. The van der Waals surface area contributed by atoms with Crippen LogP contribution in [0, 0.1) is 5.41 Å². The Hall–Kier alpha value is -1.76. The molecule has 0 unspecified atom stereocenters. The number of rotatable bonds is 4. The second kappa shape index (κ2) is 7.64. The Morgan fingerprint density at radius 2 is 1.92 bits per heavy atom. The Labute approximate surface area is 153 Å². The minimum atomic E-state index is -0.401. The lowest BCUT2D eigenvalue weighted by atomic mass is 9.95. The summed E-state index contributed by atoms with van der Waals surface area (Å²) in [7, 11) is 0. The second-order valence-electron chi connectivity index (χ2n) is 7.30. The van der Waals surface area contributed by atoms with E-state index in [1.165, 1.54) is 0 Å². The van der Waals surface area contributed by atoms with Gasteiger partial charge in [0, 0.05) is 35.1 Å². The number of ether oxygens (including phenoxy) is 1. The van der Waals surface area contributed by atoms with E-state index in [4.69, 9.17) is 9.72 Å². The van der Waals surface area contributed by atoms with Crippen LogP contribution in [0.5, 0.6) is 0 Å². The molecule has 0 saturated carbocycles. The largest absolute Gasteiger partial charge is 0.379 e. The van der Waals surface area contributed by atoms with Crippen molar-refractivity contribution in [1.82, 2.24) is 9.88 Å². The molecule has 25 heavy (non-hydrogen) atoms. The summed E-state index contributed by atoms with van der Waals surface area (Å²) in [4.78, 5) is 19.2. The third-order valence-corrected chi connectivity index (χ3v) is 4.97. The van der Waals surface area contributed by atoms with E-state index in [9.17, 15) is 4.79 Å². The number of benzene rings is 1. The van der Waals surface area contributed by atoms with Crippen LogP contribution in [-0.4, -0.2) is 42.1 Å². The van der Waals surface area contributed by atoms with Gasteiger partial charge >= 0.3 is 0 Å². The van der Waals surface area contributed by atoms with Crippen LogP contribution in [-0.2, 0) is 16.1 Å². The Bertz CT molecular complexity index is 713. The predicted octanol–water partition coefficient (Wildman–Crippen LogP) is 3.63. The first kappa shape index (κ1) is 18.0. The Balaban J connectivity index is 1.63. The van der Waals surface area contributed by atoms with Crippen molar-refractivity contribution in [2.45, 2.75) is 27.3 Å². The number of hydrogen-bond acceptors (Lipinski definition) is 5. The highest BCUT2D eigenvalue weighted by Crippen LogP contribution is 2.25. The van der Waals surface area contributed by atoms with Gasteiger partial charge in [-0.1, -0.05) is 32.9 Å². The van der Waals surface area contributed by atoms with E-state index < -0.39 is 5.41 Å². The lowest BCUT2D eigenvalue weighted by molar-refractivity contribution is -0.123. The summed E-state index contributed by atoms with van der Waals surface area (Å²) < 4.78 is 5.38. The molecule has 1 aliphatic rings. The van der Waals surface area contributed by atoms with Crippen molar-refractivity contribution in [3.63, 3.8) is 0 Å². The number of thiazole rings is 1. The molecule has 0 spiro atoms. The molecular weight excluding hydrogens is 334 g/mol. The zero-order valence-corrected chi connectivity index (χ0v) is 15.9. The Morgan fingerprint density at radius 3 is 2.56 bits per heavy atom. The van der Waals surface area contributed by atoms with Gasteiger partial charge in [-0.05, 0) is 12.1 Å². The minimum absolute atomic E-state index is 0.0155. The molecule has 1 aromatic carbocycles. The number of amides is 1. The first-order valence-electron chi connectivity index (χ1n) is 8.58. The van der Waals surface area contributed by atoms with Crippen LogP contribution >= 0.6 is 11.3 Å². The van der Waals surface area contributed by atoms with Gasteiger partial charge in [0.05, 0.1) is 25.5 Å². The average molecular weight is 359 g/mol. The normalized spacial score (nSPS) is 16.0. The van der Waals surface area contributed by atoms with E-state index in [1.807, 2.05) is 45.0 Å². The highest BCUT2D eigenvalue weighted by Gasteiger charge is 2.21. The standard InChI is InChI=1S/C19H25N3O2S/c1-19(2,3)18(23)20-15-6-4-14(5-7-15)16-13-25-17(21-16)12-22-8-10-24-11-9-22/h4-7,13H,8-12H2,1-3H3,(H,20,23). The molecule has 1 N–H and O–H groups in total. The van der Waals surface area contributed by atoms with Crippen LogP contribution in [0.25, 0.3) is 11.3 Å². The van der Waals surface area contributed by atoms with Crippen LogP contribution in [0.2, 0.25) is 0 Å². The smallest absolute Gasteiger partial charge is 0.229 e. The van der Waals surface area contributed by atoms with Gasteiger partial charge in [-0.25, -0.2) is 4.98 Å². The van der Waals surface area contributed by atoms with E-state index in [2.05, 4.69) is 15.6 Å². The first-order chi connectivity index (χ1) is 11.9. The molecule has 1 aliphatic heterocycles. The topological polar surface area (TPSA) is 54.5 Å². The maximum Gasteiger partial charge on any atom is 0.229 e. The molecule has 1 aromatic heterocycles. The summed E-state index contributed by atoms with van der Waals surface area (Å²) in [6.45, 7) is 10.1. The molecule has 0 aliphatic carbocycles. The molecule has 2 aromatic rings. The van der Waals surface area contributed by atoms with Crippen molar-refractivity contribution in [3.8, 4) is 11.3 Å². The molecule has 0 radical (unpaired) electrons. The van der Waals surface area contributed by atoms with E-state index >= 15 is 0 Å². The summed E-state index contributed by atoms with van der Waals surface area (Å²) in [6, 6.07) is 7.87. The van der Waals surface area contributed by atoms with Crippen molar-refractivity contribution < 1.29 is 9.53 Å². The Morgan fingerprint density at radius 1 is 1.24 bits per heavy atom. The summed E-state index contributed by atoms with van der Waals surface area (Å²) in [5, 5.41) is 6.17. The number of aromatic nitrogens is 1. The van der Waals surface area contributed by atoms with Gasteiger partial charge < -0.3 is 10.1 Å². The monoisotopic (exact) mass is 359 g/mol. The number of carbonyl (C=O) groups excluding carboxylic acids is 1. The molecule has 5 nitrogen and oxygen atoms in total. The zero-order valence-electron chi connectivity index (χ0n) is 15.0. The van der Waals surface area contributed by atoms with Gasteiger partial charge in [-0.2, -0.15) is 0 Å². The molecular formula is C19H25N3O2S. The van der Waals surface area contributed by atoms with Crippen molar-refractivity contribution in [1.29, 1.82) is 0 Å². The van der Waals surface area contributed by atoms with Crippen molar-refractivity contribution in [2.24, 2.45) is 5.41 Å². The fraction of sp³-hybridized carbons (Fsp3) is 0.474. The number of hydrogen-bond donors (Lipinski definition) is 1. The third-order valence-electron chi connectivity index (χ3n) is 4.13. The fourth-order valence-electron chi connectivity index (χ4n) is 2.51. The minimum Gasteiger partial charge on any atom is -0.379 e. The predicted molar refractivity (Wildman–Crippen MR) is 102 cm³/mol. The molecule has 2 heterocycles. The molecule has 3 rings (SSSR count). The van der Waals surface area contributed by atoms with E-state index in [0.29, 0.717) is 0 Å². The maximum absolute atomic E-state index is 12.0. The number of morpholine rings is 1. The second-order valence-corrected chi connectivity index (χ2v) is 8.24. The van der Waals surface area contributed by atoms with E-state index in [0.717, 1.165) is 54.8 Å². The lowest BCUT2D eigenvalue weighted by Gasteiger charge is -2.25. The molecule has 0 bridgehead atoms. The molecule has 1 saturated heterocycles. The highest BCUT2D eigenvalue weighted by atomic mass is 32.1. The van der Waals surface area contributed by atoms with Gasteiger partial charge in [0.1, 0.15) is 5.01 Å². The van der Waals surface area contributed by atoms with Gasteiger partial charge in [-0.15, -0.1) is 11.3 Å². The van der Waals surface area contributed by atoms with Gasteiger partial charge in [0.25, 0.3) is 0 Å². The number of carbonyl (C=O) groups is 1. The van der Waals surface area contributed by atoms with Crippen molar-refractivity contribution in [3.05, 3.63) is 34.7 Å². The van der Waals surface area contributed by atoms with Crippen LogP contribution in [0.4, 0.5) is 5.69 Å². The van der Waals surface area contributed by atoms with Crippen molar-refractivity contribution >= 4 is 22.9 Å². The van der Waals surface area contributed by atoms with E-state index in [1.54, 1.807) is 11.3 Å². The molecule has 1 fully saturated rings. The summed E-state index contributed by atoms with van der Waals surface area (Å²) in [5.41, 5.74) is 2.47. The van der Waals surface area contributed by atoms with Crippen LogP contribution in [0.1, 0.15) is 25.8 Å². The number of anilines is 1. The maximum atomic E-state index is 12.0. The molecule has 0 atom stereocenters. The first-order valence-corrected chi connectivity index (χ1v) is 9.46.